The van der Waals surface area contributed by atoms with Crippen molar-refractivity contribution >= 4 is 17.6 Å². The average Bonchev–Trinajstić information content (AvgIpc) is 2.88. The van der Waals surface area contributed by atoms with Crippen LogP contribution in [0.4, 0.5) is 5.69 Å². The SMILES string of the molecule is CCOC(=O)CC(NC(=O)c1ccc(N2CCc3ccccc3C2)cc1)c1cccc(OC)c1. The van der Waals surface area contributed by atoms with Gasteiger partial charge in [-0.3, -0.25) is 9.59 Å². The summed E-state index contributed by atoms with van der Waals surface area (Å²) < 4.78 is 10.4. The fraction of sp³-hybridized carbons (Fsp3) is 0.286. The quantitative estimate of drug-likeness (QED) is 0.497. The van der Waals surface area contributed by atoms with E-state index >= 15 is 0 Å². The van der Waals surface area contributed by atoms with Gasteiger partial charge in [0, 0.05) is 24.3 Å². The molecule has 1 amide bonds. The Bertz CT molecular complexity index is 1140. The van der Waals surface area contributed by atoms with E-state index in [4.69, 9.17) is 9.47 Å². The molecule has 0 spiro atoms. The van der Waals surface area contributed by atoms with E-state index < -0.39 is 6.04 Å². The van der Waals surface area contributed by atoms with Crippen molar-refractivity contribution in [2.75, 3.05) is 25.2 Å². The smallest absolute Gasteiger partial charge is 0.308 e. The molecule has 0 saturated heterocycles. The zero-order valence-corrected chi connectivity index (χ0v) is 19.6. The molecule has 4 rings (SSSR count). The number of hydrogen-bond donors (Lipinski definition) is 1. The van der Waals surface area contributed by atoms with Gasteiger partial charge in [0.1, 0.15) is 5.75 Å². The first kappa shape index (κ1) is 23.4. The Hall–Kier alpha value is -3.80. The second kappa shape index (κ2) is 10.9. The molecular formula is C28H30N2O4. The van der Waals surface area contributed by atoms with Crippen LogP contribution >= 0.6 is 0 Å². The van der Waals surface area contributed by atoms with Gasteiger partial charge in [0.15, 0.2) is 0 Å². The predicted octanol–water partition coefficient (Wildman–Crippen LogP) is 4.68. The third kappa shape index (κ3) is 5.57. The maximum absolute atomic E-state index is 13.1. The monoisotopic (exact) mass is 458 g/mol. The molecule has 0 aromatic heterocycles. The Morgan fingerprint density at radius 2 is 1.76 bits per heavy atom. The van der Waals surface area contributed by atoms with Crippen LogP contribution < -0.4 is 15.0 Å². The molecule has 0 aliphatic carbocycles. The number of anilines is 1. The highest BCUT2D eigenvalue weighted by molar-refractivity contribution is 5.95. The average molecular weight is 459 g/mol. The second-order valence-corrected chi connectivity index (χ2v) is 8.30. The Labute approximate surface area is 200 Å². The molecule has 1 unspecified atom stereocenters. The summed E-state index contributed by atoms with van der Waals surface area (Å²) in [6, 6.07) is 23.0. The minimum Gasteiger partial charge on any atom is -0.497 e. The summed E-state index contributed by atoms with van der Waals surface area (Å²) in [5.41, 5.74) is 5.15. The van der Waals surface area contributed by atoms with Crippen molar-refractivity contribution in [2.45, 2.75) is 32.4 Å². The number of amides is 1. The lowest BCUT2D eigenvalue weighted by Gasteiger charge is -2.30. The summed E-state index contributed by atoms with van der Waals surface area (Å²) in [7, 11) is 1.58. The third-order valence-electron chi connectivity index (χ3n) is 6.10. The molecule has 6 nitrogen and oxygen atoms in total. The van der Waals surface area contributed by atoms with Gasteiger partial charge in [-0.05, 0) is 66.4 Å². The first-order chi connectivity index (χ1) is 16.6. The van der Waals surface area contributed by atoms with E-state index in [9.17, 15) is 9.59 Å². The van der Waals surface area contributed by atoms with Gasteiger partial charge < -0.3 is 19.7 Å². The second-order valence-electron chi connectivity index (χ2n) is 8.30. The van der Waals surface area contributed by atoms with Crippen LogP contribution in [0.15, 0.2) is 72.8 Å². The summed E-state index contributed by atoms with van der Waals surface area (Å²) in [6.45, 7) is 3.86. The lowest BCUT2D eigenvalue weighted by atomic mass is 9.99. The van der Waals surface area contributed by atoms with Crippen molar-refractivity contribution in [3.63, 3.8) is 0 Å². The standard InChI is InChI=1S/C28H30N2O4/c1-3-34-27(31)18-26(22-9-6-10-25(17-22)33-2)29-28(32)21-11-13-24(14-12-21)30-16-15-20-7-4-5-8-23(20)19-30/h4-14,17,26H,3,15-16,18-19H2,1-2H3,(H,29,32). The molecule has 1 N–H and O–H groups in total. The van der Waals surface area contributed by atoms with Gasteiger partial charge >= 0.3 is 5.97 Å². The minimum absolute atomic E-state index is 0.0397. The first-order valence-corrected chi connectivity index (χ1v) is 11.6. The van der Waals surface area contributed by atoms with E-state index in [2.05, 4.69) is 34.5 Å². The lowest BCUT2D eigenvalue weighted by molar-refractivity contribution is -0.143. The fourth-order valence-corrected chi connectivity index (χ4v) is 4.28. The molecule has 1 atom stereocenters. The third-order valence-corrected chi connectivity index (χ3v) is 6.10. The highest BCUT2D eigenvalue weighted by Gasteiger charge is 2.21. The maximum Gasteiger partial charge on any atom is 0.308 e. The molecule has 0 saturated carbocycles. The Balaban J connectivity index is 1.47. The van der Waals surface area contributed by atoms with Crippen molar-refractivity contribution in [3.8, 4) is 5.75 Å². The molecule has 6 heteroatoms. The van der Waals surface area contributed by atoms with E-state index in [0.717, 1.165) is 30.8 Å². The molecule has 0 radical (unpaired) electrons. The summed E-state index contributed by atoms with van der Waals surface area (Å²) in [6.07, 6.45) is 1.05. The van der Waals surface area contributed by atoms with Crippen molar-refractivity contribution < 1.29 is 19.1 Å². The number of ether oxygens (including phenoxy) is 2. The Morgan fingerprint density at radius 3 is 2.50 bits per heavy atom. The number of benzene rings is 3. The summed E-state index contributed by atoms with van der Waals surface area (Å²) in [5.74, 6) is 0.0528. The van der Waals surface area contributed by atoms with Gasteiger partial charge in [-0.2, -0.15) is 0 Å². The van der Waals surface area contributed by atoms with Crippen molar-refractivity contribution in [2.24, 2.45) is 0 Å². The molecule has 176 valence electrons. The van der Waals surface area contributed by atoms with E-state index in [1.54, 1.807) is 14.0 Å². The predicted molar refractivity (Wildman–Crippen MR) is 132 cm³/mol. The summed E-state index contributed by atoms with van der Waals surface area (Å²) >= 11 is 0. The van der Waals surface area contributed by atoms with Gasteiger partial charge in [0.25, 0.3) is 5.91 Å². The van der Waals surface area contributed by atoms with Crippen molar-refractivity contribution in [1.29, 1.82) is 0 Å². The number of nitrogens with zero attached hydrogens (tertiary/aromatic N) is 1. The number of esters is 1. The number of carbonyl (C=O) groups is 2. The number of nitrogens with one attached hydrogen (secondary N) is 1. The molecule has 1 aliphatic heterocycles. The molecule has 0 bridgehead atoms. The first-order valence-electron chi connectivity index (χ1n) is 11.6. The van der Waals surface area contributed by atoms with Crippen LogP contribution in [0.2, 0.25) is 0 Å². The van der Waals surface area contributed by atoms with Gasteiger partial charge in [0.05, 0.1) is 26.2 Å². The minimum atomic E-state index is -0.528. The number of methoxy groups -OCH3 is 1. The maximum atomic E-state index is 13.1. The number of rotatable bonds is 8. The van der Waals surface area contributed by atoms with Crippen LogP contribution in [0.1, 0.15) is 46.4 Å². The molecule has 1 heterocycles. The Morgan fingerprint density at radius 1 is 1.00 bits per heavy atom. The normalized spacial score (nSPS) is 13.5. The van der Waals surface area contributed by atoms with Crippen molar-refractivity contribution in [3.05, 3.63) is 95.1 Å². The Kier molecular flexibility index (Phi) is 7.48. The van der Waals surface area contributed by atoms with Crippen LogP contribution in [0, 0.1) is 0 Å². The van der Waals surface area contributed by atoms with Crippen LogP contribution in [0.25, 0.3) is 0 Å². The molecule has 3 aromatic rings. The highest BCUT2D eigenvalue weighted by Crippen LogP contribution is 2.26. The van der Waals surface area contributed by atoms with Gasteiger partial charge in [0.2, 0.25) is 0 Å². The molecule has 1 aliphatic rings. The molecular weight excluding hydrogens is 428 g/mol. The van der Waals surface area contributed by atoms with E-state index in [-0.39, 0.29) is 18.3 Å². The topological polar surface area (TPSA) is 67.9 Å². The van der Waals surface area contributed by atoms with Crippen molar-refractivity contribution in [1.82, 2.24) is 5.32 Å². The lowest BCUT2D eigenvalue weighted by Crippen LogP contribution is -2.31. The highest BCUT2D eigenvalue weighted by atomic mass is 16.5. The molecule has 34 heavy (non-hydrogen) atoms. The van der Waals surface area contributed by atoms with Crippen LogP contribution in [-0.2, 0) is 22.5 Å². The molecule has 3 aromatic carbocycles. The molecule has 0 fully saturated rings. The van der Waals surface area contributed by atoms with Gasteiger partial charge in [-0.1, -0.05) is 36.4 Å². The fourth-order valence-electron chi connectivity index (χ4n) is 4.28. The number of carbonyl (C=O) groups excluding carboxylic acids is 2. The summed E-state index contributed by atoms with van der Waals surface area (Å²) in [5, 5.41) is 2.99. The zero-order valence-electron chi connectivity index (χ0n) is 19.6. The van der Waals surface area contributed by atoms with Crippen LogP contribution in [-0.4, -0.2) is 32.1 Å². The van der Waals surface area contributed by atoms with Crippen LogP contribution in [0.3, 0.4) is 0 Å². The number of hydrogen-bond acceptors (Lipinski definition) is 5. The summed E-state index contributed by atoms with van der Waals surface area (Å²) in [4.78, 5) is 27.6. The van der Waals surface area contributed by atoms with E-state index in [0.29, 0.717) is 17.9 Å². The van der Waals surface area contributed by atoms with Gasteiger partial charge in [-0.15, -0.1) is 0 Å². The van der Waals surface area contributed by atoms with Crippen LogP contribution in [0.5, 0.6) is 5.75 Å². The number of fused-ring (bicyclic) bond motifs is 1. The van der Waals surface area contributed by atoms with E-state index in [1.165, 1.54) is 11.1 Å². The largest absolute Gasteiger partial charge is 0.497 e. The van der Waals surface area contributed by atoms with Gasteiger partial charge in [-0.25, -0.2) is 0 Å². The zero-order chi connectivity index (χ0) is 23.9. The van der Waals surface area contributed by atoms with E-state index in [1.807, 2.05) is 48.5 Å².